The van der Waals surface area contributed by atoms with E-state index in [0.717, 1.165) is 10.9 Å². The summed E-state index contributed by atoms with van der Waals surface area (Å²) < 4.78 is 5.65. The summed E-state index contributed by atoms with van der Waals surface area (Å²) in [5.41, 5.74) is 3.87. The van der Waals surface area contributed by atoms with Crippen LogP contribution in [0.15, 0.2) is 53.0 Å². The Morgan fingerprint density at radius 1 is 1.23 bits per heavy atom. The first-order chi connectivity index (χ1) is 12.4. The largest absolute Gasteiger partial charge is 0.467 e. The van der Waals surface area contributed by atoms with E-state index in [0.29, 0.717) is 6.41 Å². The van der Waals surface area contributed by atoms with Gasteiger partial charge >= 0.3 is 5.97 Å². The van der Waals surface area contributed by atoms with Crippen LogP contribution in [0.25, 0.3) is 11.1 Å². The molecule has 0 aliphatic rings. The van der Waals surface area contributed by atoms with Crippen molar-refractivity contribution >= 4 is 28.3 Å². The third-order valence-electron chi connectivity index (χ3n) is 4.20. The molecule has 0 aliphatic heterocycles. The van der Waals surface area contributed by atoms with Gasteiger partial charge in [-0.2, -0.15) is 0 Å². The molecule has 0 spiro atoms. The Bertz CT molecular complexity index is 704. The zero-order valence-corrected chi connectivity index (χ0v) is 17.2. The number of halogens is 1. The number of aryl methyl sites for hydroxylation is 1. The van der Waals surface area contributed by atoms with Crippen LogP contribution in [0.1, 0.15) is 25.8 Å². The summed E-state index contributed by atoms with van der Waals surface area (Å²) in [4.78, 5) is 21.2. The SMILES string of the molecule is CCC(C)[C@H](NC=O)C(=O)OC.Cc1ccc(Br)cc1-c1ccccc1. The maximum absolute atomic E-state index is 11.1. The zero-order valence-electron chi connectivity index (χ0n) is 15.7. The number of nitrogens with one attached hydrogen (secondary N) is 1. The molecule has 1 N–H and O–H groups in total. The lowest BCUT2D eigenvalue weighted by Crippen LogP contribution is -2.41. The van der Waals surface area contributed by atoms with Crippen molar-refractivity contribution in [3.05, 3.63) is 58.6 Å². The molecule has 2 rings (SSSR count). The van der Waals surface area contributed by atoms with Crippen LogP contribution >= 0.6 is 15.9 Å². The van der Waals surface area contributed by atoms with E-state index in [2.05, 4.69) is 75.4 Å². The summed E-state index contributed by atoms with van der Waals surface area (Å²) in [5.74, 6) is -0.293. The number of rotatable bonds is 6. The topological polar surface area (TPSA) is 55.4 Å². The van der Waals surface area contributed by atoms with Crippen LogP contribution < -0.4 is 5.32 Å². The van der Waals surface area contributed by atoms with Gasteiger partial charge in [0.25, 0.3) is 0 Å². The molecule has 140 valence electrons. The van der Waals surface area contributed by atoms with E-state index in [4.69, 9.17) is 0 Å². The average molecular weight is 420 g/mol. The lowest BCUT2D eigenvalue weighted by atomic mass is 10.00. The van der Waals surface area contributed by atoms with Crippen LogP contribution in [0.2, 0.25) is 0 Å². The zero-order chi connectivity index (χ0) is 19.5. The predicted molar refractivity (Wildman–Crippen MR) is 109 cm³/mol. The standard InChI is InChI=1S/C13H11Br.C8H15NO3/c1-10-7-8-12(14)9-13(10)11-5-3-2-4-6-11;1-4-6(2)7(9-5-10)8(11)12-3/h2-9H,1H3;5-7H,4H2,1-3H3,(H,9,10)/t;6?,7-/m.0/s1. The highest BCUT2D eigenvalue weighted by atomic mass is 79.9. The van der Waals surface area contributed by atoms with Crippen LogP contribution in [-0.4, -0.2) is 25.5 Å². The fraction of sp³-hybridized carbons (Fsp3) is 0.333. The Hall–Kier alpha value is -2.14. The molecule has 0 radical (unpaired) electrons. The molecule has 5 heteroatoms. The van der Waals surface area contributed by atoms with Gasteiger partial charge in [0.1, 0.15) is 6.04 Å². The van der Waals surface area contributed by atoms with Gasteiger partial charge < -0.3 is 10.1 Å². The van der Waals surface area contributed by atoms with Crippen LogP contribution in [0.5, 0.6) is 0 Å². The van der Waals surface area contributed by atoms with E-state index < -0.39 is 12.0 Å². The molecule has 0 saturated carbocycles. The van der Waals surface area contributed by atoms with Crippen LogP contribution in [-0.2, 0) is 14.3 Å². The van der Waals surface area contributed by atoms with Crippen LogP contribution in [0.3, 0.4) is 0 Å². The summed E-state index contributed by atoms with van der Waals surface area (Å²) in [5, 5.41) is 2.43. The van der Waals surface area contributed by atoms with E-state index in [9.17, 15) is 9.59 Å². The van der Waals surface area contributed by atoms with E-state index in [1.54, 1.807) is 0 Å². The van der Waals surface area contributed by atoms with Gasteiger partial charge in [0.05, 0.1) is 7.11 Å². The molecule has 0 heterocycles. The number of carbonyl (C=O) groups excluding carboxylic acids is 2. The number of methoxy groups -OCH3 is 1. The molecular formula is C21H26BrNO3. The summed E-state index contributed by atoms with van der Waals surface area (Å²) in [6.45, 7) is 5.97. The first kappa shape index (κ1) is 21.9. The first-order valence-electron chi connectivity index (χ1n) is 8.53. The maximum Gasteiger partial charge on any atom is 0.328 e. The van der Waals surface area contributed by atoms with E-state index in [1.165, 1.54) is 23.8 Å². The molecule has 0 fully saturated rings. The second kappa shape index (κ2) is 11.5. The molecule has 4 nitrogen and oxygen atoms in total. The molecule has 26 heavy (non-hydrogen) atoms. The molecule has 1 unspecified atom stereocenters. The highest BCUT2D eigenvalue weighted by Crippen LogP contribution is 2.26. The van der Waals surface area contributed by atoms with Crippen molar-refractivity contribution in [3.63, 3.8) is 0 Å². The van der Waals surface area contributed by atoms with Gasteiger partial charge in [-0.05, 0) is 41.7 Å². The Morgan fingerprint density at radius 2 is 1.88 bits per heavy atom. The molecule has 1 amide bonds. The lowest BCUT2D eigenvalue weighted by molar-refractivity contribution is -0.145. The van der Waals surface area contributed by atoms with Crippen molar-refractivity contribution in [3.8, 4) is 11.1 Å². The molecular weight excluding hydrogens is 394 g/mol. The third-order valence-corrected chi connectivity index (χ3v) is 4.69. The van der Waals surface area contributed by atoms with E-state index in [1.807, 2.05) is 19.9 Å². The predicted octanol–water partition coefficient (Wildman–Crippen LogP) is 4.74. The van der Waals surface area contributed by atoms with Crippen LogP contribution in [0.4, 0.5) is 0 Å². The molecule has 0 aromatic heterocycles. The van der Waals surface area contributed by atoms with Crippen molar-refractivity contribution in [1.29, 1.82) is 0 Å². The molecule has 2 aromatic rings. The minimum absolute atomic E-state index is 0.0997. The summed E-state index contributed by atoms with van der Waals surface area (Å²) >= 11 is 3.49. The highest BCUT2D eigenvalue weighted by molar-refractivity contribution is 9.10. The van der Waals surface area contributed by atoms with E-state index >= 15 is 0 Å². The van der Waals surface area contributed by atoms with Crippen molar-refractivity contribution < 1.29 is 14.3 Å². The number of benzene rings is 2. The van der Waals surface area contributed by atoms with Gasteiger partial charge in [0.2, 0.25) is 6.41 Å². The number of hydrogen-bond donors (Lipinski definition) is 1. The van der Waals surface area contributed by atoms with Gasteiger partial charge in [0, 0.05) is 4.47 Å². The normalized spacial score (nSPS) is 12.2. The maximum atomic E-state index is 11.1. The number of esters is 1. The molecule has 0 saturated heterocycles. The summed E-state index contributed by atoms with van der Waals surface area (Å²) in [6.07, 6.45) is 1.34. The minimum atomic E-state index is -0.516. The summed E-state index contributed by atoms with van der Waals surface area (Å²) in [6, 6.07) is 16.3. The number of amides is 1. The lowest BCUT2D eigenvalue weighted by Gasteiger charge is -2.19. The third kappa shape index (κ3) is 6.64. The monoisotopic (exact) mass is 419 g/mol. The second-order valence-corrected chi connectivity index (χ2v) is 6.91. The Kier molecular flexibility index (Phi) is 9.66. The Morgan fingerprint density at radius 3 is 2.42 bits per heavy atom. The van der Waals surface area contributed by atoms with E-state index in [-0.39, 0.29) is 5.92 Å². The second-order valence-electron chi connectivity index (χ2n) is 6.00. The van der Waals surface area contributed by atoms with Crippen molar-refractivity contribution in [1.82, 2.24) is 5.32 Å². The van der Waals surface area contributed by atoms with Gasteiger partial charge in [-0.15, -0.1) is 0 Å². The number of carbonyl (C=O) groups is 2. The smallest absolute Gasteiger partial charge is 0.328 e. The van der Waals surface area contributed by atoms with Gasteiger partial charge in [0.15, 0.2) is 0 Å². The fourth-order valence-corrected chi connectivity index (χ4v) is 2.78. The fourth-order valence-electron chi connectivity index (χ4n) is 2.42. The number of hydrogen-bond acceptors (Lipinski definition) is 3. The summed E-state index contributed by atoms with van der Waals surface area (Å²) in [7, 11) is 1.31. The number of ether oxygens (including phenoxy) is 1. The molecule has 0 aliphatic carbocycles. The van der Waals surface area contributed by atoms with Crippen molar-refractivity contribution in [2.24, 2.45) is 5.92 Å². The molecule has 2 aromatic carbocycles. The van der Waals surface area contributed by atoms with Gasteiger partial charge in [-0.25, -0.2) is 4.79 Å². The average Bonchev–Trinajstić information content (AvgIpc) is 2.68. The van der Waals surface area contributed by atoms with Crippen molar-refractivity contribution in [2.45, 2.75) is 33.2 Å². The van der Waals surface area contributed by atoms with Crippen LogP contribution in [0, 0.1) is 12.8 Å². The first-order valence-corrected chi connectivity index (χ1v) is 9.32. The Balaban J connectivity index is 0.000000265. The molecule has 2 atom stereocenters. The van der Waals surface area contributed by atoms with Gasteiger partial charge in [-0.3, -0.25) is 4.79 Å². The molecule has 0 bridgehead atoms. The minimum Gasteiger partial charge on any atom is -0.467 e. The highest BCUT2D eigenvalue weighted by Gasteiger charge is 2.23. The quantitative estimate of drug-likeness (QED) is 0.542. The van der Waals surface area contributed by atoms with Gasteiger partial charge in [-0.1, -0.05) is 72.6 Å². The van der Waals surface area contributed by atoms with Crippen molar-refractivity contribution in [2.75, 3.05) is 7.11 Å². The Labute approximate surface area is 164 Å².